The molecule has 4 heteroatoms. The van der Waals surface area contributed by atoms with Gasteiger partial charge in [0.05, 0.1) is 6.61 Å². The molecule has 2 aliphatic rings. The van der Waals surface area contributed by atoms with E-state index in [1.54, 1.807) is 0 Å². The average molecular weight is 296 g/mol. The predicted octanol–water partition coefficient (Wildman–Crippen LogP) is 2.57. The number of hydrogen-bond acceptors (Lipinski definition) is 4. The Morgan fingerprint density at radius 3 is 2.33 bits per heavy atom. The lowest BCUT2D eigenvalue weighted by molar-refractivity contribution is -0.146. The van der Waals surface area contributed by atoms with Gasteiger partial charge in [0.1, 0.15) is 6.04 Å². The quantitative estimate of drug-likeness (QED) is 0.699. The van der Waals surface area contributed by atoms with Crippen LogP contribution in [0.25, 0.3) is 0 Å². The maximum absolute atomic E-state index is 12.1. The number of ether oxygens (including phenoxy) is 1. The standard InChI is InChI=1S/C17H32N2O2/c1-4-17(5-2)9-11-19(12-10-17)13-15(16(20)21-6-3)18-14-7-8-14/h14-15,18H,4-13H2,1-3H3. The second kappa shape index (κ2) is 7.59. The van der Waals surface area contributed by atoms with Crippen LogP contribution < -0.4 is 5.32 Å². The molecule has 0 amide bonds. The van der Waals surface area contributed by atoms with Crippen molar-refractivity contribution in [3.8, 4) is 0 Å². The third-order valence-corrected chi connectivity index (χ3v) is 5.44. The number of nitrogens with one attached hydrogen (secondary N) is 1. The van der Waals surface area contributed by atoms with Crippen molar-refractivity contribution in [1.29, 1.82) is 0 Å². The van der Waals surface area contributed by atoms with Crippen LogP contribution in [-0.2, 0) is 9.53 Å². The lowest BCUT2D eigenvalue weighted by Crippen LogP contribution is -2.50. The molecule has 1 atom stereocenters. The van der Waals surface area contributed by atoms with Crippen molar-refractivity contribution in [3.05, 3.63) is 0 Å². The Morgan fingerprint density at radius 1 is 1.24 bits per heavy atom. The molecule has 1 saturated heterocycles. The Balaban J connectivity index is 1.84. The first-order chi connectivity index (χ1) is 10.1. The fraction of sp³-hybridized carbons (Fsp3) is 0.941. The van der Waals surface area contributed by atoms with Crippen molar-refractivity contribution in [1.82, 2.24) is 10.2 Å². The zero-order valence-corrected chi connectivity index (χ0v) is 14.0. The largest absolute Gasteiger partial charge is 0.465 e. The second-order valence-corrected chi connectivity index (χ2v) is 6.75. The van der Waals surface area contributed by atoms with Gasteiger partial charge in [0.25, 0.3) is 0 Å². The number of piperidine rings is 1. The minimum Gasteiger partial charge on any atom is -0.465 e. The second-order valence-electron chi connectivity index (χ2n) is 6.75. The van der Waals surface area contributed by atoms with Gasteiger partial charge in [0.15, 0.2) is 0 Å². The van der Waals surface area contributed by atoms with Crippen LogP contribution in [0.4, 0.5) is 0 Å². The van der Waals surface area contributed by atoms with Crippen molar-refractivity contribution < 1.29 is 9.53 Å². The highest BCUT2D eigenvalue weighted by Crippen LogP contribution is 2.37. The number of carbonyl (C=O) groups is 1. The van der Waals surface area contributed by atoms with Crippen LogP contribution in [0.2, 0.25) is 0 Å². The molecule has 4 nitrogen and oxygen atoms in total. The average Bonchev–Trinajstić information content (AvgIpc) is 3.32. The van der Waals surface area contributed by atoms with E-state index in [2.05, 4.69) is 24.1 Å². The van der Waals surface area contributed by atoms with Gasteiger partial charge in [0.2, 0.25) is 0 Å². The van der Waals surface area contributed by atoms with Crippen LogP contribution in [0, 0.1) is 5.41 Å². The molecule has 1 unspecified atom stereocenters. The van der Waals surface area contributed by atoms with Gasteiger partial charge in [-0.3, -0.25) is 4.79 Å². The molecule has 122 valence electrons. The molecule has 0 radical (unpaired) electrons. The Hall–Kier alpha value is -0.610. The van der Waals surface area contributed by atoms with Gasteiger partial charge < -0.3 is 15.0 Å². The van der Waals surface area contributed by atoms with E-state index >= 15 is 0 Å². The Labute approximate surface area is 129 Å². The van der Waals surface area contributed by atoms with Crippen LogP contribution in [0.1, 0.15) is 59.3 Å². The monoisotopic (exact) mass is 296 g/mol. The maximum atomic E-state index is 12.1. The minimum atomic E-state index is -0.145. The van der Waals surface area contributed by atoms with E-state index in [1.165, 1.54) is 38.5 Å². The highest BCUT2D eigenvalue weighted by atomic mass is 16.5. The predicted molar refractivity (Wildman–Crippen MR) is 85.3 cm³/mol. The molecule has 0 aromatic rings. The maximum Gasteiger partial charge on any atom is 0.324 e. The summed E-state index contributed by atoms with van der Waals surface area (Å²) in [6.45, 7) is 10.0. The Morgan fingerprint density at radius 2 is 1.86 bits per heavy atom. The number of likely N-dealkylation sites (tertiary alicyclic amines) is 1. The third kappa shape index (κ3) is 4.68. The van der Waals surface area contributed by atoms with E-state index in [1.807, 2.05) is 6.92 Å². The number of esters is 1. The third-order valence-electron chi connectivity index (χ3n) is 5.44. The summed E-state index contributed by atoms with van der Waals surface area (Å²) >= 11 is 0. The first kappa shape index (κ1) is 16.8. The van der Waals surface area contributed by atoms with Crippen molar-refractivity contribution in [2.75, 3.05) is 26.2 Å². The van der Waals surface area contributed by atoms with Crippen LogP contribution in [-0.4, -0.2) is 49.2 Å². The molecule has 1 N–H and O–H groups in total. The summed E-state index contributed by atoms with van der Waals surface area (Å²) in [6, 6.07) is 0.391. The fourth-order valence-electron chi connectivity index (χ4n) is 3.40. The summed E-state index contributed by atoms with van der Waals surface area (Å²) in [6.07, 6.45) is 7.48. The van der Waals surface area contributed by atoms with Crippen molar-refractivity contribution in [2.45, 2.75) is 71.4 Å². The number of carbonyl (C=O) groups excluding carboxylic acids is 1. The smallest absolute Gasteiger partial charge is 0.324 e. The van der Waals surface area contributed by atoms with Gasteiger partial charge in [0, 0.05) is 12.6 Å². The van der Waals surface area contributed by atoms with Gasteiger partial charge in [-0.25, -0.2) is 0 Å². The van der Waals surface area contributed by atoms with E-state index < -0.39 is 0 Å². The van der Waals surface area contributed by atoms with Gasteiger partial charge in [-0.05, 0) is 51.1 Å². The van der Waals surface area contributed by atoms with Crippen LogP contribution in [0.3, 0.4) is 0 Å². The molecule has 0 aromatic heterocycles. The Bertz CT molecular complexity index is 328. The fourth-order valence-corrected chi connectivity index (χ4v) is 3.40. The normalized spacial score (nSPS) is 23.8. The molecule has 2 rings (SSSR count). The zero-order valence-electron chi connectivity index (χ0n) is 14.0. The summed E-state index contributed by atoms with van der Waals surface area (Å²) in [5.74, 6) is -0.0766. The summed E-state index contributed by atoms with van der Waals surface area (Å²) < 4.78 is 5.23. The SMILES string of the molecule is CCOC(=O)C(CN1CCC(CC)(CC)CC1)NC1CC1. The molecular formula is C17H32N2O2. The Kier molecular flexibility index (Phi) is 6.06. The molecule has 1 aliphatic carbocycles. The van der Waals surface area contributed by atoms with E-state index in [0.717, 1.165) is 19.6 Å². The minimum absolute atomic E-state index is 0.0766. The number of nitrogens with zero attached hydrogens (tertiary/aromatic N) is 1. The van der Waals surface area contributed by atoms with Gasteiger partial charge in [-0.1, -0.05) is 26.7 Å². The molecule has 0 spiro atoms. The van der Waals surface area contributed by atoms with Crippen LogP contribution in [0.15, 0.2) is 0 Å². The molecule has 2 fully saturated rings. The number of rotatable bonds is 8. The lowest BCUT2D eigenvalue weighted by atomic mass is 9.74. The molecule has 21 heavy (non-hydrogen) atoms. The summed E-state index contributed by atoms with van der Waals surface area (Å²) in [5, 5.41) is 3.46. The van der Waals surface area contributed by atoms with Crippen molar-refractivity contribution in [3.63, 3.8) is 0 Å². The molecule has 0 bridgehead atoms. The van der Waals surface area contributed by atoms with E-state index in [0.29, 0.717) is 18.1 Å². The molecule has 0 aromatic carbocycles. The van der Waals surface area contributed by atoms with E-state index in [9.17, 15) is 4.79 Å². The molecule has 1 saturated carbocycles. The van der Waals surface area contributed by atoms with E-state index in [-0.39, 0.29) is 12.0 Å². The summed E-state index contributed by atoms with van der Waals surface area (Å²) in [7, 11) is 0. The molecule has 1 aliphatic heterocycles. The number of hydrogen-bond donors (Lipinski definition) is 1. The lowest BCUT2D eigenvalue weighted by Gasteiger charge is -2.41. The van der Waals surface area contributed by atoms with Crippen LogP contribution in [0.5, 0.6) is 0 Å². The zero-order chi connectivity index (χ0) is 15.3. The first-order valence-corrected chi connectivity index (χ1v) is 8.77. The summed E-state index contributed by atoms with van der Waals surface area (Å²) in [5.41, 5.74) is 0.542. The first-order valence-electron chi connectivity index (χ1n) is 8.77. The van der Waals surface area contributed by atoms with Crippen molar-refractivity contribution >= 4 is 5.97 Å². The topological polar surface area (TPSA) is 41.6 Å². The highest BCUT2D eigenvalue weighted by Gasteiger charge is 2.34. The molecule has 1 heterocycles. The summed E-state index contributed by atoms with van der Waals surface area (Å²) in [4.78, 5) is 14.6. The van der Waals surface area contributed by atoms with Crippen LogP contribution >= 0.6 is 0 Å². The van der Waals surface area contributed by atoms with Gasteiger partial charge in [-0.15, -0.1) is 0 Å². The van der Waals surface area contributed by atoms with Crippen molar-refractivity contribution in [2.24, 2.45) is 5.41 Å². The highest BCUT2D eigenvalue weighted by molar-refractivity contribution is 5.76. The van der Waals surface area contributed by atoms with Gasteiger partial charge in [-0.2, -0.15) is 0 Å². The van der Waals surface area contributed by atoms with Gasteiger partial charge >= 0.3 is 5.97 Å². The molecular weight excluding hydrogens is 264 g/mol. The van der Waals surface area contributed by atoms with E-state index in [4.69, 9.17) is 4.74 Å².